The van der Waals surface area contributed by atoms with E-state index >= 15 is 0 Å². The van der Waals surface area contributed by atoms with E-state index in [2.05, 4.69) is 10.1 Å². The molecule has 0 bridgehead atoms. The molecule has 0 aliphatic rings. The highest BCUT2D eigenvalue weighted by atomic mass is 32.2. The van der Waals surface area contributed by atoms with Crippen LogP contribution in [0, 0.1) is 6.92 Å². The Morgan fingerprint density at radius 1 is 1.06 bits per heavy atom. The van der Waals surface area contributed by atoms with Crippen molar-refractivity contribution in [3.05, 3.63) is 71.7 Å². The molecule has 11 heteroatoms. The number of sulfone groups is 1. The lowest BCUT2D eigenvalue weighted by Gasteiger charge is -2.15. The van der Waals surface area contributed by atoms with Crippen LogP contribution in [-0.4, -0.2) is 34.5 Å². The van der Waals surface area contributed by atoms with Crippen LogP contribution in [0.5, 0.6) is 0 Å². The molecule has 0 atom stereocenters. The molecule has 0 aliphatic heterocycles. The van der Waals surface area contributed by atoms with E-state index in [-0.39, 0.29) is 16.3 Å². The van der Waals surface area contributed by atoms with Gasteiger partial charge in [-0.15, -0.1) is 11.3 Å². The summed E-state index contributed by atoms with van der Waals surface area (Å²) in [6.45, 7) is 4.81. The number of hydrogen-bond donors (Lipinski definition) is 1. The molecule has 1 N–H and O–H groups in total. The van der Waals surface area contributed by atoms with Gasteiger partial charge in [-0.1, -0.05) is 12.1 Å². The molecule has 4 rings (SSSR count). The number of alkyl halides is 3. The third-order valence-corrected chi connectivity index (χ3v) is 7.74. The Kier molecular flexibility index (Phi) is 6.15. The Bertz CT molecular complexity index is 1510. The summed E-state index contributed by atoms with van der Waals surface area (Å²) in [4.78, 5) is 5.08. The van der Waals surface area contributed by atoms with Gasteiger partial charge in [-0.25, -0.2) is 18.1 Å². The molecule has 35 heavy (non-hydrogen) atoms. The number of benzene rings is 1. The van der Waals surface area contributed by atoms with Crippen molar-refractivity contribution in [2.75, 3.05) is 6.26 Å². The Morgan fingerprint density at radius 2 is 1.77 bits per heavy atom. The fourth-order valence-corrected chi connectivity index (χ4v) is 5.41. The first-order valence-electron chi connectivity index (χ1n) is 10.4. The Hall–Kier alpha value is -3.02. The molecule has 3 heterocycles. The second kappa shape index (κ2) is 8.58. The average molecular weight is 522 g/mol. The summed E-state index contributed by atoms with van der Waals surface area (Å²) in [6.07, 6.45) is -2.52. The first-order valence-corrected chi connectivity index (χ1v) is 13.1. The summed E-state index contributed by atoms with van der Waals surface area (Å²) in [6, 6.07) is 12.6. The van der Waals surface area contributed by atoms with E-state index in [0.29, 0.717) is 16.1 Å². The molecule has 1 aromatic carbocycles. The van der Waals surface area contributed by atoms with Gasteiger partial charge in [0.15, 0.2) is 15.5 Å². The average Bonchev–Trinajstić information content (AvgIpc) is 3.36. The number of rotatable bonds is 5. The van der Waals surface area contributed by atoms with Gasteiger partial charge in [-0.05, 0) is 68.3 Å². The number of aromatic nitrogens is 3. The van der Waals surface area contributed by atoms with Gasteiger partial charge >= 0.3 is 6.18 Å². The van der Waals surface area contributed by atoms with E-state index in [1.54, 1.807) is 24.3 Å². The highest BCUT2D eigenvalue weighted by Crippen LogP contribution is 2.41. The summed E-state index contributed by atoms with van der Waals surface area (Å²) < 4.78 is 66.4. The van der Waals surface area contributed by atoms with Crippen LogP contribution in [0.3, 0.4) is 0 Å². The molecule has 3 aromatic heterocycles. The normalized spacial score (nSPS) is 12.8. The van der Waals surface area contributed by atoms with E-state index < -0.39 is 27.3 Å². The standard InChI is InChI=1S/C24H22F3N3O3S2/c1-14-11-19(15-7-5-8-16(12-15)35(4,32)33)34-21(14)18-13-20(23(2,3)31)29-30(18)17-9-6-10-28-22(17)24(25,26)27/h5-13,31H,1-4H3. The largest absolute Gasteiger partial charge is 0.435 e. The maximum Gasteiger partial charge on any atom is 0.435 e. The van der Waals surface area contributed by atoms with Crippen molar-refractivity contribution in [3.8, 4) is 26.7 Å². The number of nitrogens with zero attached hydrogens (tertiary/aromatic N) is 3. The number of halogens is 3. The molecule has 0 unspecified atom stereocenters. The minimum absolute atomic E-state index is 0.169. The zero-order valence-electron chi connectivity index (χ0n) is 19.3. The van der Waals surface area contributed by atoms with Crippen molar-refractivity contribution in [2.24, 2.45) is 0 Å². The number of pyridine rings is 1. The Morgan fingerprint density at radius 3 is 2.40 bits per heavy atom. The lowest BCUT2D eigenvalue weighted by Crippen LogP contribution is -2.18. The molecule has 0 saturated carbocycles. The summed E-state index contributed by atoms with van der Waals surface area (Å²) in [5, 5.41) is 14.9. The molecule has 0 radical (unpaired) electrons. The minimum Gasteiger partial charge on any atom is -0.384 e. The van der Waals surface area contributed by atoms with Crippen LogP contribution in [0.2, 0.25) is 0 Å². The molecule has 0 spiro atoms. The molecule has 0 aliphatic carbocycles. The Balaban J connectivity index is 1.93. The Labute approximate surface area is 204 Å². The number of aliphatic hydroxyl groups is 1. The van der Waals surface area contributed by atoms with Crippen LogP contribution in [0.1, 0.15) is 30.8 Å². The van der Waals surface area contributed by atoms with Gasteiger partial charge in [-0.3, -0.25) is 0 Å². The first-order chi connectivity index (χ1) is 16.2. The zero-order chi connectivity index (χ0) is 25.8. The van der Waals surface area contributed by atoms with E-state index in [1.807, 2.05) is 13.0 Å². The van der Waals surface area contributed by atoms with Crippen molar-refractivity contribution >= 4 is 21.2 Å². The second-order valence-corrected chi connectivity index (χ2v) is 11.7. The molecule has 4 aromatic rings. The van der Waals surface area contributed by atoms with Crippen LogP contribution in [0.15, 0.2) is 59.6 Å². The number of aryl methyl sites for hydroxylation is 1. The van der Waals surface area contributed by atoms with Crippen LogP contribution in [-0.2, 0) is 21.6 Å². The molecule has 0 amide bonds. The molecule has 6 nitrogen and oxygen atoms in total. The van der Waals surface area contributed by atoms with Crippen LogP contribution in [0.4, 0.5) is 13.2 Å². The van der Waals surface area contributed by atoms with Crippen molar-refractivity contribution in [3.63, 3.8) is 0 Å². The maximum absolute atomic E-state index is 13.7. The van der Waals surface area contributed by atoms with Gasteiger partial charge in [-0.2, -0.15) is 18.3 Å². The van der Waals surface area contributed by atoms with E-state index in [1.165, 1.54) is 43.4 Å². The summed E-state index contributed by atoms with van der Waals surface area (Å²) in [5.74, 6) is 0. The molecule has 184 valence electrons. The van der Waals surface area contributed by atoms with E-state index in [0.717, 1.165) is 27.6 Å². The van der Waals surface area contributed by atoms with Gasteiger partial charge in [0.1, 0.15) is 5.60 Å². The van der Waals surface area contributed by atoms with Crippen molar-refractivity contribution < 1.29 is 26.7 Å². The highest BCUT2D eigenvalue weighted by molar-refractivity contribution is 7.90. The van der Waals surface area contributed by atoms with Crippen molar-refractivity contribution in [1.82, 2.24) is 14.8 Å². The minimum atomic E-state index is -4.71. The third-order valence-electron chi connectivity index (χ3n) is 5.32. The third kappa shape index (κ3) is 5.02. The van der Waals surface area contributed by atoms with Gasteiger partial charge in [0.2, 0.25) is 0 Å². The molecular weight excluding hydrogens is 499 g/mol. The highest BCUT2D eigenvalue weighted by Gasteiger charge is 2.37. The quantitative estimate of drug-likeness (QED) is 0.368. The van der Waals surface area contributed by atoms with E-state index in [4.69, 9.17) is 0 Å². The predicted octanol–water partition coefficient (Wildman–Crippen LogP) is 5.62. The zero-order valence-corrected chi connectivity index (χ0v) is 20.9. The topological polar surface area (TPSA) is 85.1 Å². The predicted molar refractivity (Wildman–Crippen MR) is 128 cm³/mol. The van der Waals surface area contributed by atoms with E-state index in [9.17, 15) is 26.7 Å². The maximum atomic E-state index is 13.7. The van der Waals surface area contributed by atoms with Gasteiger partial charge in [0.25, 0.3) is 0 Å². The second-order valence-electron chi connectivity index (χ2n) is 8.68. The lowest BCUT2D eigenvalue weighted by atomic mass is 10.1. The summed E-state index contributed by atoms with van der Waals surface area (Å²) in [5.41, 5.74) is -0.792. The number of thiophene rings is 1. The first kappa shape index (κ1) is 25.1. The fraction of sp³-hybridized carbons (Fsp3) is 0.250. The lowest BCUT2D eigenvalue weighted by molar-refractivity contribution is -0.141. The molecule has 0 saturated heterocycles. The SMILES string of the molecule is Cc1cc(-c2cccc(S(C)(=O)=O)c2)sc1-c1cc(C(C)(C)O)nn1-c1cccnc1C(F)(F)F. The molecular formula is C24H22F3N3O3S2. The fourth-order valence-electron chi connectivity index (χ4n) is 3.57. The van der Waals surface area contributed by atoms with Gasteiger partial charge < -0.3 is 5.11 Å². The summed E-state index contributed by atoms with van der Waals surface area (Å²) >= 11 is 1.29. The van der Waals surface area contributed by atoms with Crippen LogP contribution in [0.25, 0.3) is 26.7 Å². The van der Waals surface area contributed by atoms with Crippen molar-refractivity contribution in [1.29, 1.82) is 0 Å². The van der Waals surface area contributed by atoms with Gasteiger partial charge in [0, 0.05) is 17.3 Å². The summed E-state index contributed by atoms with van der Waals surface area (Å²) in [7, 11) is -3.41. The van der Waals surface area contributed by atoms with Crippen LogP contribution < -0.4 is 0 Å². The van der Waals surface area contributed by atoms with Crippen LogP contribution >= 0.6 is 11.3 Å². The number of hydrogen-bond acceptors (Lipinski definition) is 6. The van der Waals surface area contributed by atoms with Crippen molar-refractivity contribution in [2.45, 2.75) is 37.4 Å². The molecule has 0 fully saturated rings. The van der Waals surface area contributed by atoms with Gasteiger partial charge in [0.05, 0.1) is 26.8 Å². The monoisotopic (exact) mass is 521 g/mol. The smallest absolute Gasteiger partial charge is 0.384 e.